The third-order valence-electron chi connectivity index (χ3n) is 7.31. The Morgan fingerprint density at radius 3 is 2.48 bits per heavy atom. The van der Waals surface area contributed by atoms with Gasteiger partial charge in [0.05, 0.1) is 6.54 Å². The largest absolute Gasteiger partial charge is 0.362 e. The van der Waals surface area contributed by atoms with Gasteiger partial charge in [0.2, 0.25) is 5.95 Å². The molecular weight excluding hydrogens is 386 g/mol. The fraction of sp³-hybridized carbons (Fsp3) is 0.542. The normalized spacial score (nSPS) is 22.6. The number of amidine groups is 1. The average molecular weight is 418 g/mol. The standard InChI is InChI=1S/C24H31N7/c1-4-11-30(12-5-1)23-26-16-19(17-27-23)18-29-13-8-24(9-14-29)28-21-7-3-2-6-20(21)22-25-10-15-31(22)24/h2-3,6-7,16-17,28H,1,4-5,8-15,18H2. The molecule has 0 amide bonds. The monoisotopic (exact) mass is 417 g/mol. The molecule has 162 valence electrons. The van der Waals surface area contributed by atoms with Gasteiger partial charge in [0.1, 0.15) is 11.5 Å². The van der Waals surface area contributed by atoms with Crippen LogP contribution in [0, 0.1) is 0 Å². The van der Waals surface area contributed by atoms with E-state index in [2.05, 4.69) is 54.2 Å². The Morgan fingerprint density at radius 1 is 0.903 bits per heavy atom. The highest BCUT2D eigenvalue weighted by atomic mass is 15.4. The lowest BCUT2D eigenvalue weighted by molar-refractivity contribution is 0.0894. The predicted molar refractivity (Wildman–Crippen MR) is 124 cm³/mol. The number of rotatable bonds is 3. The van der Waals surface area contributed by atoms with Crippen molar-refractivity contribution >= 4 is 17.5 Å². The molecule has 1 N–H and O–H groups in total. The smallest absolute Gasteiger partial charge is 0.225 e. The van der Waals surface area contributed by atoms with Crippen molar-refractivity contribution in [3.8, 4) is 0 Å². The Bertz CT molecular complexity index is 956. The van der Waals surface area contributed by atoms with Gasteiger partial charge >= 0.3 is 0 Å². The minimum atomic E-state index is -0.00515. The van der Waals surface area contributed by atoms with E-state index < -0.39 is 0 Å². The summed E-state index contributed by atoms with van der Waals surface area (Å²) in [7, 11) is 0. The fourth-order valence-electron chi connectivity index (χ4n) is 5.62. The van der Waals surface area contributed by atoms with Gasteiger partial charge in [-0.2, -0.15) is 0 Å². The van der Waals surface area contributed by atoms with Gasteiger partial charge in [0.25, 0.3) is 0 Å². The Morgan fingerprint density at radius 2 is 1.68 bits per heavy atom. The van der Waals surface area contributed by atoms with Gasteiger partial charge in [0.15, 0.2) is 0 Å². The molecule has 2 fully saturated rings. The van der Waals surface area contributed by atoms with E-state index in [0.717, 1.165) is 64.6 Å². The van der Waals surface area contributed by atoms with Crippen LogP contribution in [-0.2, 0) is 6.54 Å². The minimum Gasteiger partial charge on any atom is -0.362 e. The number of anilines is 2. The number of nitrogens with zero attached hydrogens (tertiary/aromatic N) is 6. The Labute approximate surface area is 184 Å². The second-order valence-electron chi connectivity index (χ2n) is 9.27. The molecule has 0 unspecified atom stereocenters. The summed E-state index contributed by atoms with van der Waals surface area (Å²) in [5.74, 6) is 2.08. The molecule has 1 spiro atoms. The molecule has 0 atom stereocenters. The summed E-state index contributed by atoms with van der Waals surface area (Å²) in [6.07, 6.45) is 10.1. The lowest BCUT2D eigenvalue weighted by Gasteiger charge is -2.52. The molecular formula is C24H31N7. The Hall–Kier alpha value is -2.67. The topological polar surface area (TPSA) is 59.9 Å². The van der Waals surface area contributed by atoms with Crippen molar-refractivity contribution in [2.75, 3.05) is 49.5 Å². The van der Waals surface area contributed by atoms with Crippen LogP contribution >= 0.6 is 0 Å². The van der Waals surface area contributed by atoms with Crippen LogP contribution in [0.15, 0.2) is 41.7 Å². The van der Waals surface area contributed by atoms with Crippen molar-refractivity contribution in [1.82, 2.24) is 19.8 Å². The zero-order chi connectivity index (χ0) is 20.7. The van der Waals surface area contributed by atoms with Crippen LogP contribution in [0.4, 0.5) is 11.6 Å². The highest BCUT2D eigenvalue weighted by Gasteiger charge is 2.46. The Kier molecular flexibility index (Phi) is 4.78. The molecule has 0 radical (unpaired) electrons. The second-order valence-corrected chi connectivity index (χ2v) is 9.27. The summed E-state index contributed by atoms with van der Waals surface area (Å²) in [4.78, 5) is 21.6. The van der Waals surface area contributed by atoms with Crippen molar-refractivity contribution in [3.63, 3.8) is 0 Å². The summed E-state index contributed by atoms with van der Waals surface area (Å²) in [5, 5.41) is 3.90. The molecule has 0 bridgehead atoms. The molecule has 4 aliphatic rings. The van der Waals surface area contributed by atoms with E-state index in [9.17, 15) is 0 Å². The highest BCUT2D eigenvalue weighted by molar-refractivity contribution is 6.06. The second kappa shape index (κ2) is 7.79. The number of aliphatic imine (C=N–C) groups is 1. The van der Waals surface area contributed by atoms with Crippen LogP contribution in [0.25, 0.3) is 0 Å². The van der Waals surface area contributed by atoms with E-state index in [0.29, 0.717) is 0 Å². The number of nitrogens with one attached hydrogen (secondary N) is 1. The van der Waals surface area contributed by atoms with E-state index in [-0.39, 0.29) is 5.66 Å². The first-order chi connectivity index (χ1) is 15.3. The molecule has 0 saturated carbocycles. The van der Waals surface area contributed by atoms with Gasteiger partial charge in [0, 0.05) is 81.3 Å². The van der Waals surface area contributed by atoms with Crippen LogP contribution in [0.5, 0.6) is 0 Å². The maximum atomic E-state index is 4.85. The highest BCUT2D eigenvalue weighted by Crippen LogP contribution is 2.39. The van der Waals surface area contributed by atoms with Crippen molar-refractivity contribution in [3.05, 3.63) is 47.8 Å². The first-order valence-electron chi connectivity index (χ1n) is 11.8. The van der Waals surface area contributed by atoms with Crippen LogP contribution in [0.2, 0.25) is 0 Å². The van der Waals surface area contributed by atoms with E-state index in [1.807, 2.05) is 12.4 Å². The van der Waals surface area contributed by atoms with E-state index in [1.165, 1.54) is 41.9 Å². The third-order valence-corrected chi connectivity index (χ3v) is 7.31. The summed E-state index contributed by atoms with van der Waals surface area (Å²) in [6, 6.07) is 8.62. The summed E-state index contributed by atoms with van der Waals surface area (Å²) < 4.78 is 0. The van der Waals surface area contributed by atoms with Gasteiger partial charge in [-0.25, -0.2) is 9.97 Å². The number of aromatic nitrogens is 2. The van der Waals surface area contributed by atoms with Crippen LogP contribution in [0.1, 0.15) is 43.2 Å². The molecule has 2 aromatic rings. The van der Waals surface area contributed by atoms with Crippen molar-refractivity contribution in [2.45, 2.75) is 44.3 Å². The zero-order valence-electron chi connectivity index (χ0n) is 18.1. The van der Waals surface area contributed by atoms with E-state index in [1.54, 1.807) is 0 Å². The molecule has 1 aromatic heterocycles. The van der Waals surface area contributed by atoms with Gasteiger partial charge in [-0.3, -0.25) is 9.89 Å². The van der Waals surface area contributed by atoms with Gasteiger partial charge in [-0.1, -0.05) is 12.1 Å². The van der Waals surface area contributed by atoms with Crippen LogP contribution < -0.4 is 10.2 Å². The van der Waals surface area contributed by atoms with Gasteiger partial charge in [-0.05, 0) is 31.4 Å². The van der Waals surface area contributed by atoms with E-state index in [4.69, 9.17) is 4.99 Å². The van der Waals surface area contributed by atoms with Gasteiger partial charge < -0.3 is 15.1 Å². The van der Waals surface area contributed by atoms with Crippen LogP contribution in [0.3, 0.4) is 0 Å². The zero-order valence-corrected chi connectivity index (χ0v) is 18.1. The summed E-state index contributed by atoms with van der Waals surface area (Å²) in [5.41, 5.74) is 3.69. The van der Waals surface area contributed by atoms with Crippen molar-refractivity contribution in [1.29, 1.82) is 0 Å². The molecule has 31 heavy (non-hydrogen) atoms. The molecule has 4 aliphatic heterocycles. The van der Waals surface area contributed by atoms with Crippen LogP contribution in [-0.4, -0.2) is 70.5 Å². The number of benzene rings is 1. The number of piperidine rings is 2. The third kappa shape index (κ3) is 3.45. The number of hydrogen-bond acceptors (Lipinski definition) is 7. The number of likely N-dealkylation sites (tertiary alicyclic amines) is 1. The minimum absolute atomic E-state index is 0.00515. The number of hydrogen-bond donors (Lipinski definition) is 1. The SMILES string of the molecule is c1ccc2c(c1)NC1(CCN(Cc3cnc(N4CCCCC4)nc3)CC1)N1CCN=C21. The first kappa shape index (κ1) is 19.0. The maximum absolute atomic E-state index is 4.85. The Balaban J connectivity index is 1.12. The molecule has 7 nitrogen and oxygen atoms in total. The lowest BCUT2D eigenvalue weighted by Crippen LogP contribution is -2.63. The molecule has 0 aliphatic carbocycles. The molecule has 1 aromatic carbocycles. The lowest BCUT2D eigenvalue weighted by atomic mass is 9.90. The summed E-state index contributed by atoms with van der Waals surface area (Å²) >= 11 is 0. The van der Waals surface area contributed by atoms with Crippen molar-refractivity contribution < 1.29 is 0 Å². The average Bonchev–Trinajstić information content (AvgIpc) is 3.33. The molecule has 5 heterocycles. The summed E-state index contributed by atoms with van der Waals surface area (Å²) in [6.45, 7) is 7.14. The van der Waals surface area contributed by atoms with Crippen molar-refractivity contribution in [2.24, 2.45) is 4.99 Å². The number of fused-ring (bicyclic) bond motifs is 4. The number of para-hydroxylation sites is 1. The molecule has 2 saturated heterocycles. The quantitative estimate of drug-likeness (QED) is 0.829. The molecule has 6 rings (SSSR count). The predicted octanol–water partition coefficient (Wildman–Crippen LogP) is 2.95. The fourth-order valence-corrected chi connectivity index (χ4v) is 5.62. The van der Waals surface area contributed by atoms with E-state index >= 15 is 0 Å². The first-order valence-corrected chi connectivity index (χ1v) is 11.8. The molecule has 7 heteroatoms. The maximum Gasteiger partial charge on any atom is 0.225 e. The van der Waals surface area contributed by atoms with Gasteiger partial charge in [-0.15, -0.1) is 0 Å².